The van der Waals surface area contributed by atoms with E-state index in [4.69, 9.17) is 13.8 Å². The zero-order valence-electron chi connectivity index (χ0n) is 31.8. The van der Waals surface area contributed by atoms with E-state index in [-0.39, 0.29) is 0 Å². The number of fused-ring (bicyclic) bond motifs is 7. The number of rotatable bonds is 6. The first-order valence-corrected chi connectivity index (χ1v) is 19.9. The minimum Gasteiger partial charge on any atom is -0.455 e. The van der Waals surface area contributed by atoms with E-state index in [1.807, 2.05) is 12.1 Å². The maximum Gasteiger partial charge on any atom is 0.147 e. The largest absolute Gasteiger partial charge is 0.455 e. The molecule has 0 aliphatic rings. The minimum absolute atomic E-state index is 0.818. The molecule has 4 nitrogen and oxygen atoms in total. The van der Waals surface area contributed by atoms with Crippen molar-refractivity contribution in [2.75, 3.05) is 0 Å². The number of aromatic nitrogens is 2. The van der Waals surface area contributed by atoms with Crippen molar-refractivity contribution in [1.82, 2.24) is 9.55 Å². The Morgan fingerprint density at radius 1 is 0.339 bits per heavy atom. The van der Waals surface area contributed by atoms with E-state index in [1.54, 1.807) is 0 Å². The van der Waals surface area contributed by atoms with Crippen molar-refractivity contribution in [1.29, 1.82) is 0 Å². The summed E-state index contributed by atoms with van der Waals surface area (Å²) in [6.07, 6.45) is 0. The first-order valence-electron chi connectivity index (χ1n) is 19.9. The molecular weight excluding hydrogens is 721 g/mol. The molecule has 0 amide bonds. The Kier molecular flexibility index (Phi) is 7.50. The van der Waals surface area contributed by atoms with Gasteiger partial charge in [-0.2, -0.15) is 0 Å². The molecule has 0 aliphatic heterocycles. The van der Waals surface area contributed by atoms with Gasteiger partial charge in [-0.1, -0.05) is 152 Å². The predicted molar refractivity (Wildman–Crippen MR) is 243 cm³/mol. The van der Waals surface area contributed by atoms with Crippen LogP contribution in [0.4, 0.5) is 0 Å². The molecule has 0 aliphatic carbocycles. The molecule has 0 saturated carbocycles. The van der Waals surface area contributed by atoms with Crippen LogP contribution in [-0.4, -0.2) is 9.55 Å². The van der Waals surface area contributed by atoms with Crippen LogP contribution in [0.15, 0.2) is 215 Å². The molecule has 0 N–H and O–H groups in total. The number of hydrogen-bond donors (Lipinski definition) is 0. The zero-order valence-corrected chi connectivity index (χ0v) is 31.8. The molecule has 0 fully saturated rings. The number of para-hydroxylation sites is 2. The number of nitrogens with zero attached hydrogens (tertiary/aromatic N) is 2. The second-order valence-electron chi connectivity index (χ2n) is 15.1. The third kappa shape index (κ3) is 5.49. The fourth-order valence-electron chi connectivity index (χ4n) is 8.72. The monoisotopic (exact) mass is 754 g/mol. The van der Waals surface area contributed by atoms with Crippen molar-refractivity contribution < 1.29 is 8.83 Å². The molecule has 12 rings (SSSR count). The summed E-state index contributed by atoms with van der Waals surface area (Å²) < 4.78 is 15.8. The maximum absolute atomic E-state index is 6.79. The van der Waals surface area contributed by atoms with Gasteiger partial charge in [0.05, 0.1) is 16.6 Å². The molecule has 9 aromatic carbocycles. The molecule has 0 atom stereocenters. The van der Waals surface area contributed by atoms with E-state index in [9.17, 15) is 0 Å². The molecule has 4 heteroatoms. The van der Waals surface area contributed by atoms with Crippen LogP contribution in [0.1, 0.15) is 0 Å². The summed E-state index contributed by atoms with van der Waals surface area (Å²) in [7, 11) is 0. The van der Waals surface area contributed by atoms with Crippen LogP contribution in [-0.2, 0) is 0 Å². The van der Waals surface area contributed by atoms with E-state index in [0.717, 1.165) is 105 Å². The van der Waals surface area contributed by atoms with Gasteiger partial charge in [0.2, 0.25) is 0 Å². The quantitative estimate of drug-likeness (QED) is 0.170. The number of benzene rings is 9. The van der Waals surface area contributed by atoms with Crippen molar-refractivity contribution in [3.05, 3.63) is 206 Å². The lowest BCUT2D eigenvalue weighted by atomic mass is 9.95. The normalized spacial score (nSPS) is 11.7. The van der Waals surface area contributed by atoms with Crippen molar-refractivity contribution in [3.63, 3.8) is 0 Å². The summed E-state index contributed by atoms with van der Waals surface area (Å²) in [5, 5.41) is 4.29. The highest BCUT2D eigenvalue weighted by molar-refractivity contribution is 6.22. The molecule has 0 bridgehead atoms. The Balaban J connectivity index is 0.993. The summed E-state index contributed by atoms with van der Waals surface area (Å²) in [6.45, 7) is 0. The molecule has 0 saturated heterocycles. The molecule has 59 heavy (non-hydrogen) atoms. The van der Waals surface area contributed by atoms with Crippen LogP contribution in [0.2, 0.25) is 0 Å². The van der Waals surface area contributed by atoms with Crippen LogP contribution >= 0.6 is 0 Å². The van der Waals surface area contributed by atoms with Gasteiger partial charge in [0.15, 0.2) is 0 Å². The Hall–Kier alpha value is -7.95. The highest BCUT2D eigenvalue weighted by atomic mass is 16.3. The second-order valence-corrected chi connectivity index (χ2v) is 15.1. The van der Waals surface area contributed by atoms with E-state index in [0.29, 0.717) is 0 Å². The van der Waals surface area contributed by atoms with Gasteiger partial charge < -0.3 is 8.83 Å². The van der Waals surface area contributed by atoms with Crippen LogP contribution < -0.4 is 0 Å². The SMILES string of the molecule is c1ccc(-c2ccc3oc4c(-c5ccc(-c6ccc(-n7c(-c8ccccc8)nc8ccccc87)cc6)cc5)c5oc6ccc(-c7ccccc7)cc6c5cc4c3c2)cc1. The van der Waals surface area contributed by atoms with Crippen molar-refractivity contribution in [2.45, 2.75) is 0 Å². The fourth-order valence-corrected chi connectivity index (χ4v) is 8.72. The first-order chi connectivity index (χ1) is 29.2. The van der Waals surface area contributed by atoms with Crippen molar-refractivity contribution in [3.8, 4) is 61.6 Å². The van der Waals surface area contributed by atoms with Gasteiger partial charge in [0, 0.05) is 32.8 Å². The lowest BCUT2D eigenvalue weighted by Crippen LogP contribution is -1.97. The highest BCUT2D eigenvalue weighted by Gasteiger charge is 2.22. The average Bonchev–Trinajstić information content (AvgIpc) is 4.00. The Bertz CT molecular complexity index is 3370. The van der Waals surface area contributed by atoms with Gasteiger partial charge in [0.25, 0.3) is 0 Å². The predicted octanol–water partition coefficient (Wildman–Crippen LogP) is 15.2. The summed E-state index contributed by atoms with van der Waals surface area (Å²) in [6, 6.07) is 72.5. The van der Waals surface area contributed by atoms with Crippen LogP contribution in [0.25, 0.3) is 116 Å². The Morgan fingerprint density at radius 2 is 0.780 bits per heavy atom. The van der Waals surface area contributed by atoms with Crippen molar-refractivity contribution in [2.24, 2.45) is 0 Å². The van der Waals surface area contributed by atoms with E-state index >= 15 is 0 Å². The van der Waals surface area contributed by atoms with E-state index in [1.165, 1.54) is 11.1 Å². The third-order valence-corrected chi connectivity index (χ3v) is 11.6. The molecule has 3 heterocycles. The second kappa shape index (κ2) is 13.3. The van der Waals surface area contributed by atoms with Crippen molar-refractivity contribution >= 4 is 54.9 Å². The summed E-state index contributed by atoms with van der Waals surface area (Å²) in [5.41, 5.74) is 16.4. The topological polar surface area (TPSA) is 44.1 Å². The molecule has 0 radical (unpaired) electrons. The first kappa shape index (κ1) is 33.2. The van der Waals surface area contributed by atoms with Gasteiger partial charge in [-0.25, -0.2) is 4.98 Å². The smallest absolute Gasteiger partial charge is 0.147 e. The lowest BCUT2D eigenvalue weighted by Gasteiger charge is -2.11. The number of imidazole rings is 1. The average molecular weight is 755 g/mol. The number of hydrogen-bond acceptors (Lipinski definition) is 3. The Morgan fingerprint density at radius 3 is 1.34 bits per heavy atom. The molecule has 12 aromatic rings. The third-order valence-electron chi connectivity index (χ3n) is 11.6. The van der Waals surface area contributed by atoms with Gasteiger partial charge in [-0.05, 0) is 93.5 Å². The fraction of sp³-hybridized carbons (Fsp3) is 0. The van der Waals surface area contributed by atoms with Gasteiger partial charge in [-0.15, -0.1) is 0 Å². The van der Waals surface area contributed by atoms with Crippen LogP contribution in [0.5, 0.6) is 0 Å². The molecule has 3 aromatic heterocycles. The molecular formula is C55H34N2O2. The van der Waals surface area contributed by atoms with Gasteiger partial charge in [-0.3, -0.25) is 4.57 Å². The molecule has 276 valence electrons. The zero-order chi connectivity index (χ0) is 38.9. The number of furan rings is 2. The van der Waals surface area contributed by atoms with Crippen LogP contribution in [0.3, 0.4) is 0 Å². The van der Waals surface area contributed by atoms with Gasteiger partial charge >= 0.3 is 0 Å². The standard InChI is InChI=1S/C55H34N2O2/c1-4-12-35(13-5-1)41-26-30-50-44(32-41)46-34-47-45-33-42(36-14-6-2-7-15-36)27-31-51(45)59-54(47)52(53(46)58-50)39-22-20-37(21-23-39)38-24-28-43(29-25-38)57-49-19-11-10-18-48(49)56-55(57)40-16-8-3-9-17-40/h1-34H. The minimum atomic E-state index is 0.818. The summed E-state index contributed by atoms with van der Waals surface area (Å²) in [5.74, 6) is 0.924. The summed E-state index contributed by atoms with van der Waals surface area (Å²) in [4.78, 5) is 5.03. The van der Waals surface area contributed by atoms with E-state index in [2.05, 4.69) is 199 Å². The lowest BCUT2D eigenvalue weighted by molar-refractivity contribution is 0.658. The molecule has 0 unspecified atom stereocenters. The summed E-state index contributed by atoms with van der Waals surface area (Å²) >= 11 is 0. The van der Waals surface area contributed by atoms with Crippen LogP contribution in [0, 0.1) is 0 Å². The molecule has 0 spiro atoms. The maximum atomic E-state index is 6.79. The van der Waals surface area contributed by atoms with E-state index < -0.39 is 0 Å². The Labute approximate surface area is 339 Å². The van der Waals surface area contributed by atoms with Gasteiger partial charge in [0.1, 0.15) is 28.2 Å². The highest BCUT2D eigenvalue weighted by Crippen LogP contribution is 2.46.